The smallest absolute Gasteiger partial charge is 0.436 e. The molecule has 1 fully saturated rings. The molecule has 2 N–H and O–H groups in total. The van der Waals surface area contributed by atoms with Crippen LogP contribution in [0.1, 0.15) is 39.5 Å². The summed E-state index contributed by atoms with van der Waals surface area (Å²) in [5, 5.41) is 12.0. The summed E-state index contributed by atoms with van der Waals surface area (Å²) in [5.74, 6) is -2.66. The number of β-amino-alcohol motifs (C(OH)–C–C–N with tert-alkyl or cyclic N) is 1. The van der Waals surface area contributed by atoms with E-state index < -0.39 is 41.4 Å². The molecule has 210 valence electrons. The molecule has 0 saturated carbocycles. The molecule has 4 heterocycles. The fraction of sp³-hybridized carbons (Fsp3) is 0.333. The molecule has 2 aliphatic heterocycles. The predicted octanol–water partition coefficient (Wildman–Crippen LogP) is 4.68. The van der Waals surface area contributed by atoms with Gasteiger partial charge in [0.15, 0.2) is 11.5 Å². The van der Waals surface area contributed by atoms with Crippen molar-refractivity contribution in [3.63, 3.8) is 0 Å². The van der Waals surface area contributed by atoms with Crippen molar-refractivity contribution in [3.8, 4) is 11.1 Å². The normalized spacial score (nSPS) is 18.9. The molecule has 3 aromatic rings. The lowest BCUT2D eigenvalue weighted by atomic mass is 9.87. The highest BCUT2D eigenvalue weighted by molar-refractivity contribution is 6.04. The summed E-state index contributed by atoms with van der Waals surface area (Å²) < 4.78 is 64.8. The molecule has 40 heavy (non-hydrogen) atoms. The molecule has 2 aromatic heterocycles. The van der Waals surface area contributed by atoms with Crippen LogP contribution in [0.15, 0.2) is 42.7 Å². The van der Waals surface area contributed by atoms with Gasteiger partial charge in [-0.2, -0.15) is 13.2 Å². The van der Waals surface area contributed by atoms with Crippen LogP contribution in [-0.2, 0) is 15.7 Å². The maximum absolute atomic E-state index is 14.5. The van der Waals surface area contributed by atoms with Gasteiger partial charge in [0.2, 0.25) is 0 Å². The molecular formula is C27H24F4N4O5. The third-order valence-electron chi connectivity index (χ3n) is 6.86. The summed E-state index contributed by atoms with van der Waals surface area (Å²) in [6.45, 7) is 2.19. The van der Waals surface area contributed by atoms with Crippen molar-refractivity contribution in [1.82, 2.24) is 9.97 Å². The van der Waals surface area contributed by atoms with E-state index in [4.69, 9.17) is 9.47 Å². The number of pyridine rings is 2. The molecule has 13 heteroatoms. The first-order chi connectivity index (χ1) is 19.1. The zero-order valence-corrected chi connectivity index (χ0v) is 21.2. The highest BCUT2D eigenvalue weighted by atomic mass is 19.4. The zero-order valence-electron chi connectivity index (χ0n) is 21.2. The Kier molecular flexibility index (Phi) is 7.43. The molecule has 2 aliphatic rings. The minimum atomic E-state index is -5.05. The van der Waals surface area contributed by atoms with Crippen molar-refractivity contribution in [2.24, 2.45) is 0 Å². The Morgan fingerprint density at radius 3 is 2.77 bits per heavy atom. The molecule has 2 atom stereocenters. The zero-order chi connectivity index (χ0) is 28.6. The SMILES string of the molecule is Cc1ccc(NC(=O)c2ccnc(C(F)(F)F)c2F)cc1-c1cnc2c(c1)C1CCOCC1OC(=O)N2CCO. The Hall–Kier alpha value is -4.10. The Morgan fingerprint density at radius 2 is 2.02 bits per heavy atom. The van der Waals surface area contributed by atoms with Gasteiger partial charge in [-0.1, -0.05) is 6.07 Å². The van der Waals surface area contributed by atoms with Crippen LogP contribution in [-0.4, -0.2) is 59.5 Å². The monoisotopic (exact) mass is 560 g/mol. The van der Waals surface area contributed by atoms with Crippen molar-refractivity contribution >= 4 is 23.5 Å². The molecule has 1 aromatic carbocycles. The number of carbonyl (C=O) groups is 2. The number of aliphatic hydroxyl groups is 1. The quantitative estimate of drug-likeness (QED) is 0.436. The molecule has 0 spiro atoms. The van der Waals surface area contributed by atoms with E-state index in [0.29, 0.717) is 30.0 Å². The lowest BCUT2D eigenvalue weighted by Gasteiger charge is -2.29. The van der Waals surface area contributed by atoms with Crippen LogP contribution < -0.4 is 10.2 Å². The van der Waals surface area contributed by atoms with Crippen LogP contribution in [0.4, 0.5) is 33.9 Å². The minimum absolute atomic E-state index is 0.0133. The van der Waals surface area contributed by atoms with E-state index in [1.807, 2.05) is 13.0 Å². The highest BCUT2D eigenvalue weighted by Crippen LogP contribution is 2.40. The molecule has 0 aliphatic carbocycles. The van der Waals surface area contributed by atoms with Gasteiger partial charge >= 0.3 is 12.3 Å². The Balaban J connectivity index is 1.50. The number of ether oxygens (including phenoxy) is 2. The van der Waals surface area contributed by atoms with Gasteiger partial charge in [-0.25, -0.2) is 19.2 Å². The van der Waals surface area contributed by atoms with Gasteiger partial charge in [0.05, 0.1) is 25.3 Å². The average Bonchev–Trinajstić information content (AvgIpc) is 3.03. The second-order valence-electron chi connectivity index (χ2n) is 9.41. The number of halogens is 4. The van der Waals surface area contributed by atoms with E-state index in [-0.39, 0.29) is 31.4 Å². The van der Waals surface area contributed by atoms with Gasteiger partial charge in [0, 0.05) is 41.7 Å². The summed E-state index contributed by atoms with van der Waals surface area (Å²) in [6, 6.07) is 7.58. The number of carbonyl (C=O) groups excluding carboxylic acids is 2. The summed E-state index contributed by atoms with van der Waals surface area (Å²) in [7, 11) is 0. The first kappa shape index (κ1) is 27.5. The number of nitrogens with one attached hydrogen (secondary N) is 1. The second-order valence-corrected chi connectivity index (χ2v) is 9.41. The number of anilines is 2. The minimum Gasteiger partial charge on any atom is -0.443 e. The molecule has 0 radical (unpaired) electrons. The number of fused-ring (bicyclic) bond motifs is 3. The molecule has 9 nitrogen and oxygen atoms in total. The van der Waals surface area contributed by atoms with Crippen molar-refractivity contribution in [3.05, 3.63) is 70.9 Å². The van der Waals surface area contributed by atoms with Crippen LogP contribution in [0, 0.1) is 12.7 Å². The van der Waals surface area contributed by atoms with E-state index >= 15 is 0 Å². The summed E-state index contributed by atoms with van der Waals surface area (Å²) in [4.78, 5) is 34.3. The van der Waals surface area contributed by atoms with Crippen LogP contribution in [0.5, 0.6) is 0 Å². The summed E-state index contributed by atoms with van der Waals surface area (Å²) in [6.07, 6.45) is -3.38. The topological polar surface area (TPSA) is 114 Å². The maximum atomic E-state index is 14.5. The molecule has 0 bridgehead atoms. The highest BCUT2D eigenvalue weighted by Gasteiger charge is 2.40. The average molecular weight is 561 g/mol. The lowest BCUT2D eigenvalue weighted by Crippen LogP contribution is -2.38. The number of alkyl halides is 3. The third kappa shape index (κ3) is 5.21. The Morgan fingerprint density at radius 1 is 1.23 bits per heavy atom. The lowest BCUT2D eigenvalue weighted by molar-refractivity contribution is -0.143. The number of rotatable bonds is 5. The van der Waals surface area contributed by atoms with E-state index in [1.165, 1.54) is 4.90 Å². The van der Waals surface area contributed by atoms with Crippen LogP contribution in [0.3, 0.4) is 0 Å². The first-order valence-electron chi connectivity index (χ1n) is 12.4. The van der Waals surface area contributed by atoms with Crippen LogP contribution >= 0.6 is 0 Å². The second kappa shape index (κ2) is 10.8. The van der Waals surface area contributed by atoms with Crippen molar-refractivity contribution < 1.29 is 41.7 Å². The van der Waals surface area contributed by atoms with Crippen LogP contribution in [0.25, 0.3) is 11.1 Å². The number of amides is 2. The van der Waals surface area contributed by atoms with Crippen LogP contribution in [0.2, 0.25) is 0 Å². The van der Waals surface area contributed by atoms with Crippen molar-refractivity contribution in [1.29, 1.82) is 0 Å². The first-order valence-corrected chi connectivity index (χ1v) is 12.4. The number of hydrogen-bond acceptors (Lipinski definition) is 7. The molecule has 2 unspecified atom stereocenters. The number of nitrogens with zero attached hydrogens (tertiary/aromatic N) is 3. The van der Waals surface area contributed by atoms with Crippen molar-refractivity contribution in [2.75, 3.05) is 36.6 Å². The number of aromatic nitrogens is 2. The van der Waals surface area contributed by atoms with Gasteiger partial charge in [0.1, 0.15) is 11.9 Å². The van der Waals surface area contributed by atoms with E-state index in [2.05, 4.69) is 15.3 Å². The van der Waals surface area contributed by atoms with E-state index in [9.17, 15) is 32.3 Å². The summed E-state index contributed by atoms with van der Waals surface area (Å²) in [5.41, 5.74) is 0.469. The molecule has 5 rings (SSSR count). The van der Waals surface area contributed by atoms with Gasteiger partial charge < -0.3 is 19.9 Å². The standard InChI is InChI=1S/C27H24F4N4O5/c1-14-2-3-16(34-25(37)18-4-6-32-23(22(18)28)27(29,30)31)11-19(14)15-10-20-17-5-9-39-13-21(17)40-26(38)35(7-8-36)24(20)33-12-15/h2-4,6,10-12,17,21,36H,5,7-9,13H2,1H3,(H,34,37). The third-order valence-corrected chi connectivity index (χ3v) is 6.86. The van der Waals surface area contributed by atoms with E-state index in [0.717, 1.165) is 23.4 Å². The maximum Gasteiger partial charge on any atom is 0.436 e. The Labute approximate surface area is 225 Å². The largest absolute Gasteiger partial charge is 0.443 e. The van der Waals surface area contributed by atoms with Gasteiger partial charge in [0.25, 0.3) is 5.91 Å². The Bertz CT molecular complexity index is 1470. The fourth-order valence-corrected chi connectivity index (χ4v) is 4.91. The predicted molar refractivity (Wildman–Crippen MR) is 134 cm³/mol. The molecular weight excluding hydrogens is 536 g/mol. The summed E-state index contributed by atoms with van der Waals surface area (Å²) >= 11 is 0. The molecule has 1 saturated heterocycles. The van der Waals surface area contributed by atoms with E-state index in [1.54, 1.807) is 24.4 Å². The number of aryl methyl sites for hydroxylation is 1. The number of hydrogen-bond donors (Lipinski definition) is 2. The molecule has 2 amide bonds. The van der Waals surface area contributed by atoms with Gasteiger partial charge in [-0.05, 0) is 48.7 Å². The van der Waals surface area contributed by atoms with Crippen molar-refractivity contribution in [2.45, 2.75) is 31.5 Å². The number of benzene rings is 1. The fourth-order valence-electron chi connectivity index (χ4n) is 4.91. The van der Waals surface area contributed by atoms with Gasteiger partial charge in [-0.3, -0.25) is 9.69 Å². The van der Waals surface area contributed by atoms with Gasteiger partial charge in [-0.15, -0.1) is 0 Å². The number of aliphatic hydroxyl groups excluding tert-OH is 1.